The van der Waals surface area contributed by atoms with Crippen molar-refractivity contribution in [3.8, 4) is 6.07 Å². The van der Waals surface area contributed by atoms with E-state index in [1.807, 2.05) is 10.8 Å². The molecule has 2 aromatic heterocycles. The molecule has 1 aliphatic carbocycles. The maximum Gasteiger partial charge on any atom is 0.223 e. The summed E-state index contributed by atoms with van der Waals surface area (Å²) >= 11 is 0. The van der Waals surface area contributed by atoms with Crippen molar-refractivity contribution in [2.24, 2.45) is 5.92 Å². The molecule has 0 aliphatic heterocycles. The quantitative estimate of drug-likeness (QED) is 0.676. The molecule has 148 valence electrons. The van der Waals surface area contributed by atoms with Crippen molar-refractivity contribution in [1.82, 2.24) is 19.9 Å². The van der Waals surface area contributed by atoms with Gasteiger partial charge in [-0.3, -0.25) is 4.79 Å². The number of carbonyl (C=O) groups excluding carboxylic acids is 1. The number of imidazole rings is 1. The predicted octanol–water partition coefficient (Wildman–Crippen LogP) is 1.95. The van der Waals surface area contributed by atoms with Gasteiger partial charge in [0.05, 0.1) is 24.0 Å². The van der Waals surface area contributed by atoms with E-state index in [2.05, 4.69) is 26.7 Å². The van der Waals surface area contributed by atoms with Gasteiger partial charge in [-0.1, -0.05) is 0 Å². The van der Waals surface area contributed by atoms with Gasteiger partial charge in [-0.15, -0.1) is 0 Å². The molecular formula is C20H26N6O2. The number of carbonyl (C=O) groups is 1. The summed E-state index contributed by atoms with van der Waals surface area (Å²) in [6.07, 6.45) is 10.2. The molecule has 1 aliphatic rings. The van der Waals surface area contributed by atoms with Gasteiger partial charge in [0.1, 0.15) is 11.9 Å². The highest BCUT2D eigenvalue weighted by Gasteiger charge is 2.34. The zero-order chi connectivity index (χ0) is 19.8. The summed E-state index contributed by atoms with van der Waals surface area (Å²) in [4.78, 5) is 20.9. The van der Waals surface area contributed by atoms with Gasteiger partial charge in [0, 0.05) is 44.7 Å². The largest absolute Gasteiger partial charge is 0.379 e. The first-order valence-corrected chi connectivity index (χ1v) is 9.59. The Labute approximate surface area is 164 Å². The van der Waals surface area contributed by atoms with E-state index in [0.717, 1.165) is 25.8 Å². The third kappa shape index (κ3) is 5.08. The summed E-state index contributed by atoms with van der Waals surface area (Å²) in [6.45, 7) is 1.47. The Morgan fingerprint density at radius 2 is 2.32 bits per heavy atom. The van der Waals surface area contributed by atoms with E-state index in [9.17, 15) is 10.1 Å². The minimum absolute atomic E-state index is 0.0150. The van der Waals surface area contributed by atoms with E-state index in [1.165, 1.54) is 0 Å². The number of methoxy groups -OCH3 is 1. The average molecular weight is 382 g/mol. The van der Waals surface area contributed by atoms with Crippen molar-refractivity contribution in [2.75, 3.05) is 19.0 Å². The Bertz CT molecular complexity index is 801. The normalized spacial score (nSPS) is 21.6. The monoisotopic (exact) mass is 382 g/mol. The molecule has 2 aromatic rings. The number of hydrogen-bond donors (Lipinski definition) is 2. The highest BCUT2D eigenvalue weighted by atomic mass is 16.5. The Kier molecular flexibility index (Phi) is 6.98. The summed E-state index contributed by atoms with van der Waals surface area (Å²) in [5, 5.41) is 15.6. The summed E-state index contributed by atoms with van der Waals surface area (Å²) < 4.78 is 7.60. The first kappa shape index (κ1) is 19.8. The Balaban J connectivity index is 1.53. The molecule has 0 radical (unpaired) electrons. The van der Waals surface area contributed by atoms with E-state index in [4.69, 9.17) is 4.74 Å². The standard InChI is InChI=1S/C20H26N6O2/c1-28-18-6-5-15(20(27)24-8-3-10-26-11-9-22-14-26)12-17(18)25-19-16(13-21)4-2-7-23-19/h2,4,7,9,11,14-15,17-18H,3,5-6,8,10,12H2,1H3,(H,23,25)(H,24,27)/t15-,17+,18+/m0/s1. The van der Waals surface area contributed by atoms with Crippen molar-refractivity contribution >= 4 is 11.7 Å². The van der Waals surface area contributed by atoms with Crippen molar-refractivity contribution in [3.63, 3.8) is 0 Å². The van der Waals surface area contributed by atoms with Crippen molar-refractivity contribution < 1.29 is 9.53 Å². The Hall–Kier alpha value is -2.92. The van der Waals surface area contributed by atoms with E-state index in [0.29, 0.717) is 24.3 Å². The van der Waals surface area contributed by atoms with Crippen molar-refractivity contribution in [2.45, 2.75) is 44.4 Å². The molecule has 3 atom stereocenters. The molecular weight excluding hydrogens is 356 g/mol. The van der Waals surface area contributed by atoms with E-state index >= 15 is 0 Å². The number of nitrogens with zero attached hydrogens (tertiary/aromatic N) is 4. The minimum Gasteiger partial charge on any atom is -0.379 e. The van der Waals surface area contributed by atoms with E-state index in [1.54, 1.807) is 38.0 Å². The second-order valence-electron chi connectivity index (χ2n) is 6.99. The van der Waals surface area contributed by atoms with Crippen LogP contribution in [0.25, 0.3) is 0 Å². The number of rotatable bonds is 8. The molecule has 28 heavy (non-hydrogen) atoms. The van der Waals surface area contributed by atoms with Crippen LogP contribution in [0.1, 0.15) is 31.2 Å². The fourth-order valence-corrected chi connectivity index (χ4v) is 3.64. The van der Waals surface area contributed by atoms with Gasteiger partial charge in [0.2, 0.25) is 5.91 Å². The van der Waals surface area contributed by atoms with Gasteiger partial charge >= 0.3 is 0 Å². The number of amides is 1. The highest BCUT2D eigenvalue weighted by molar-refractivity contribution is 5.78. The maximum absolute atomic E-state index is 12.6. The van der Waals surface area contributed by atoms with Gasteiger partial charge < -0.3 is 19.9 Å². The highest BCUT2D eigenvalue weighted by Crippen LogP contribution is 2.29. The van der Waals surface area contributed by atoms with Gasteiger partial charge in [-0.05, 0) is 37.8 Å². The van der Waals surface area contributed by atoms with Gasteiger partial charge in [0.25, 0.3) is 0 Å². The topological polar surface area (TPSA) is 105 Å². The first-order chi connectivity index (χ1) is 13.7. The SMILES string of the molecule is CO[C@@H]1CC[C@H](C(=O)NCCCn2ccnc2)C[C@H]1Nc1ncccc1C#N. The molecule has 0 bridgehead atoms. The predicted molar refractivity (Wildman–Crippen MR) is 104 cm³/mol. The lowest BCUT2D eigenvalue weighted by Gasteiger charge is -2.35. The van der Waals surface area contributed by atoms with Crippen molar-refractivity contribution in [3.05, 3.63) is 42.6 Å². The molecule has 0 unspecified atom stereocenters. The summed E-state index contributed by atoms with van der Waals surface area (Å²) in [6, 6.07) is 5.54. The van der Waals surface area contributed by atoms with Crippen LogP contribution >= 0.6 is 0 Å². The average Bonchev–Trinajstić information content (AvgIpc) is 3.25. The zero-order valence-corrected chi connectivity index (χ0v) is 16.0. The van der Waals surface area contributed by atoms with E-state index < -0.39 is 0 Å². The van der Waals surface area contributed by atoms with Gasteiger partial charge in [-0.25, -0.2) is 9.97 Å². The van der Waals surface area contributed by atoms with Crippen LogP contribution in [0.5, 0.6) is 0 Å². The number of pyridine rings is 1. The Morgan fingerprint density at radius 1 is 1.43 bits per heavy atom. The number of nitriles is 1. The molecule has 8 nitrogen and oxygen atoms in total. The molecule has 0 spiro atoms. The second kappa shape index (κ2) is 9.85. The van der Waals surface area contributed by atoms with Crippen LogP contribution in [-0.4, -0.2) is 46.2 Å². The number of anilines is 1. The van der Waals surface area contributed by atoms with Crippen LogP contribution < -0.4 is 10.6 Å². The van der Waals surface area contributed by atoms with Crippen molar-refractivity contribution in [1.29, 1.82) is 5.26 Å². The molecule has 8 heteroatoms. The van der Waals surface area contributed by atoms with Crippen LogP contribution in [0.4, 0.5) is 5.82 Å². The minimum atomic E-state index is -0.0774. The second-order valence-corrected chi connectivity index (χ2v) is 6.99. The van der Waals surface area contributed by atoms with Crippen LogP contribution in [0.15, 0.2) is 37.1 Å². The number of hydrogen-bond acceptors (Lipinski definition) is 6. The smallest absolute Gasteiger partial charge is 0.223 e. The molecule has 0 saturated heterocycles. The number of ether oxygens (including phenoxy) is 1. The van der Waals surface area contributed by atoms with Crippen LogP contribution in [0.2, 0.25) is 0 Å². The molecule has 0 aromatic carbocycles. The maximum atomic E-state index is 12.6. The number of nitrogens with one attached hydrogen (secondary N) is 2. The molecule has 2 N–H and O–H groups in total. The number of aromatic nitrogens is 3. The van der Waals surface area contributed by atoms with Crippen LogP contribution in [-0.2, 0) is 16.1 Å². The number of aryl methyl sites for hydroxylation is 1. The lowest BCUT2D eigenvalue weighted by Crippen LogP contribution is -2.45. The fourth-order valence-electron chi connectivity index (χ4n) is 3.64. The summed E-state index contributed by atoms with van der Waals surface area (Å²) in [5.41, 5.74) is 0.489. The zero-order valence-electron chi connectivity index (χ0n) is 16.0. The van der Waals surface area contributed by atoms with Gasteiger partial charge in [0.15, 0.2) is 0 Å². The fraction of sp³-hybridized carbons (Fsp3) is 0.500. The molecule has 1 fully saturated rings. The van der Waals surface area contributed by atoms with Crippen LogP contribution in [0, 0.1) is 17.2 Å². The molecule has 3 rings (SSSR count). The summed E-state index contributed by atoms with van der Waals surface area (Å²) in [7, 11) is 1.68. The Morgan fingerprint density at radius 3 is 3.07 bits per heavy atom. The van der Waals surface area contributed by atoms with Crippen LogP contribution in [0.3, 0.4) is 0 Å². The molecule has 2 heterocycles. The molecule has 1 saturated carbocycles. The third-order valence-corrected chi connectivity index (χ3v) is 5.16. The lowest BCUT2D eigenvalue weighted by atomic mass is 9.83. The summed E-state index contributed by atoms with van der Waals surface area (Å²) in [5.74, 6) is 0.540. The molecule has 1 amide bonds. The lowest BCUT2D eigenvalue weighted by molar-refractivity contribution is -0.127. The van der Waals surface area contributed by atoms with Gasteiger partial charge in [-0.2, -0.15) is 5.26 Å². The van der Waals surface area contributed by atoms with E-state index in [-0.39, 0.29) is 24.0 Å². The third-order valence-electron chi connectivity index (χ3n) is 5.16. The first-order valence-electron chi connectivity index (χ1n) is 9.59.